The lowest BCUT2D eigenvalue weighted by atomic mass is 10.2. The van der Waals surface area contributed by atoms with Gasteiger partial charge in [0.25, 0.3) is 11.1 Å². The molecule has 2 amide bonds. The van der Waals surface area contributed by atoms with E-state index in [0.717, 1.165) is 28.0 Å². The number of ether oxygens (including phenoxy) is 2. The van der Waals surface area contributed by atoms with Gasteiger partial charge < -0.3 is 9.47 Å². The summed E-state index contributed by atoms with van der Waals surface area (Å²) < 4.78 is 11.4. The van der Waals surface area contributed by atoms with Gasteiger partial charge in [-0.15, -0.1) is 0 Å². The average molecular weight is 500 g/mol. The van der Waals surface area contributed by atoms with Crippen molar-refractivity contribution >= 4 is 52.2 Å². The van der Waals surface area contributed by atoms with E-state index in [1.165, 1.54) is 0 Å². The molecule has 1 aliphatic rings. The van der Waals surface area contributed by atoms with E-state index in [0.29, 0.717) is 39.5 Å². The number of thioether (sulfide) groups is 1. The zero-order chi connectivity index (χ0) is 23.2. The summed E-state index contributed by atoms with van der Waals surface area (Å²) in [5.74, 6) is 1.04. The van der Waals surface area contributed by atoms with Crippen LogP contribution in [0.3, 0.4) is 0 Å². The number of para-hydroxylation sites is 1. The van der Waals surface area contributed by atoms with E-state index in [4.69, 9.17) is 32.7 Å². The molecule has 5 nitrogen and oxygen atoms in total. The molecule has 0 aliphatic carbocycles. The van der Waals surface area contributed by atoms with E-state index >= 15 is 0 Å². The van der Waals surface area contributed by atoms with Crippen molar-refractivity contribution < 1.29 is 19.1 Å². The molecule has 33 heavy (non-hydrogen) atoms. The van der Waals surface area contributed by atoms with Gasteiger partial charge in [0.05, 0.1) is 11.4 Å². The summed E-state index contributed by atoms with van der Waals surface area (Å²) in [4.78, 5) is 26.8. The standard InChI is InChI=1S/C25H19Cl2NO4S/c26-21-10-5-11-22(27)20(21)16-28-24(29)23(33-25(28)30)15-17-6-4-9-19(14-17)32-13-12-31-18-7-2-1-3-8-18/h1-11,14-15H,12-13,16H2/b23-15+. The number of rotatable bonds is 8. The fourth-order valence-electron chi connectivity index (χ4n) is 3.16. The van der Waals surface area contributed by atoms with Crippen LogP contribution in [0.15, 0.2) is 77.7 Å². The second-order valence-electron chi connectivity index (χ2n) is 7.05. The molecule has 4 rings (SSSR count). The molecule has 0 atom stereocenters. The lowest BCUT2D eigenvalue weighted by molar-refractivity contribution is -0.123. The number of hydrogen-bond acceptors (Lipinski definition) is 5. The van der Waals surface area contributed by atoms with Crippen molar-refractivity contribution in [1.82, 2.24) is 4.90 Å². The Labute approximate surface area is 205 Å². The predicted octanol–water partition coefficient (Wildman–Crippen LogP) is 6.69. The summed E-state index contributed by atoms with van der Waals surface area (Å²) in [6, 6.07) is 21.9. The van der Waals surface area contributed by atoms with Gasteiger partial charge in [-0.05, 0) is 59.8 Å². The number of carbonyl (C=O) groups is 2. The van der Waals surface area contributed by atoms with Gasteiger partial charge in [0.1, 0.15) is 24.7 Å². The van der Waals surface area contributed by atoms with Crippen LogP contribution in [-0.4, -0.2) is 29.3 Å². The monoisotopic (exact) mass is 499 g/mol. The van der Waals surface area contributed by atoms with Crippen LogP contribution in [-0.2, 0) is 11.3 Å². The van der Waals surface area contributed by atoms with Crippen LogP contribution in [0, 0.1) is 0 Å². The molecule has 0 unspecified atom stereocenters. The number of hydrogen-bond donors (Lipinski definition) is 0. The number of halogens is 2. The number of carbonyl (C=O) groups excluding carboxylic acids is 2. The molecule has 3 aromatic rings. The van der Waals surface area contributed by atoms with E-state index < -0.39 is 0 Å². The molecule has 8 heteroatoms. The smallest absolute Gasteiger partial charge is 0.293 e. The Bertz CT molecular complexity index is 1180. The van der Waals surface area contributed by atoms with Crippen LogP contribution < -0.4 is 9.47 Å². The Kier molecular flexibility index (Phi) is 7.60. The Morgan fingerprint density at radius 1 is 0.818 bits per heavy atom. The SMILES string of the molecule is O=C1S/C(=C/c2cccc(OCCOc3ccccc3)c2)C(=O)N1Cc1c(Cl)cccc1Cl. The first kappa shape index (κ1) is 23.2. The summed E-state index contributed by atoms with van der Waals surface area (Å²) in [6.45, 7) is 0.788. The average Bonchev–Trinajstić information content (AvgIpc) is 3.07. The highest BCUT2D eigenvalue weighted by Crippen LogP contribution is 2.35. The van der Waals surface area contributed by atoms with Crippen molar-refractivity contribution in [3.63, 3.8) is 0 Å². The van der Waals surface area contributed by atoms with E-state index in [1.807, 2.05) is 48.5 Å². The van der Waals surface area contributed by atoms with Crippen molar-refractivity contribution in [3.8, 4) is 11.5 Å². The molecule has 1 heterocycles. The van der Waals surface area contributed by atoms with E-state index in [2.05, 4.69) is 0 Å². The topological polar surface area (TPSA) is 55.8 Å². The molecule has 0 saturated carbocycles. The number of benzene rings is 3. The minimum absolute atomic E-state index is 0.0189. The lowest BCUT2D eigenvalue weighted by Crippen LogP contribution is -2.27. The van der Waals surface area contributed by atoms with Crippen LogP contribution in [0.5, 0.6) is 11.5 Å². The third kappa shape index (κ3) is 5.90. The zero-order valence-electron chi connectivity index (χ0n) is 17.4. The van der Waals surface area contributed by atoms with E-state index in [-0.39, 0.29) is 17.7 Å². The molecule has 1 aliphatic heterocycles. The second-order valence-corrected chi connectivity index (χ2v) is 8.86. The normalized spacial score (nSPS) is 14.7. The fraction of sp³-hybridized carbons (Fsp3) is 0.120. The van der Waals surface area contributed by atoms with Crippen LogP contribution >= 0.6 is 35.0 Å². The Morgan fingerprint density at radius 3 is 2.18 bits per heavy atom. The molecule has 0 N–H and O–H groups in total. The van der Waals surface area contributed by atoms with Gasteiger partial charge in [0.2, 0.25) is 0 Å². The summed E-state index contributed by atoms with van der Waals surface area (Å²) in [7, 11) is 0. The van der Waals surface area contributed by atoms with E-state index in [9.17, 15) is 9.59 Å². The Hall–Kier alpha value is -2.93. The highest BCUT2D eigenvalue weighted by Gasteiger charge is 2.35. The number of amides is 2. The third-order valence-corrected chi connectivity index (χ3v) is 6.39. The molecule has 168 valence electrons. The van der Waals surface area contributed by atoms with Gasteiger partial charge in [-0.25, -0.2) is 0 Å². The molecule has 1 saturated heterocycles. The molecular formula is C25H19Cl2NO4S. The number of imide groups is 1. The van der Waals surface area contributed by atoms with Gasteiger partial charge in [-0.1, -0.05) is 59.6 Å². The molecular weight excluding hydrogens is 481 g/mol. The van der Waals surface area contributed by atoms with Gasteiger partial charge in [0, 0.05) is 15.6 Å². The molecule has 3 aromatic carbocycles. The second kappa shape index (κ2) is 10.8. The van der Waals surface area contributed by atoms with Crippen LogP contribution in [0.2, 0.25) is 10.0 Å². The first-order valence-electron chi connectivity index (χ1n) is 10.1. The van der Waals surface area contributed by atoms with Crippen molar-refractivity contribution in [2.24, 2.45) is 0 Å². The highest BCUT2D eigenvalue weighted by atomic mass is 35.5. The molecule has 0 spiro atoms. The maximum Gasteiger partial charge on any atom is 0.293 e. The first-order valence-corrected chi connectivity index (χ1v) is 11.7. The van der Waals surface area contributed by atoms with Gasteiger partial charge >= 0.3 is 0 Å². The fourth-order valence-corrected chi connectivity index (χ4v) is 4.51. The van der Waals surface area contributed by atoms with Crippen molar-refractivity contribution in [3.05, 3.63) is 98.9 Å². The van der Waals surface area contributed by atoms with Gasteiger partial charge in [0.15, 0.2) is 0 Å². The maximum absolute atomic E-state index is 12.9. The Balaban J connectivity index is 1.39. The van der Waals surface area contributed by atoms with Crippen molar-refractivity contribution in [1.29, 1.82) is 0 Å². The maximum atomic E-state index is 12.9. The molecule has 0 radical (unpaired) electrons. The van der Waals surface area contributed by atoms with Gasteiger partial charge in [-0.2, -0.15) is 0 Å². The van der Waals surface area contributed by atoms with E-state index in [1.54, 1.807) is 30.3 Å². The minimum atomic E-state index is -0.386. The molecule has 0 aromatic heterocycles. The summed E-state index contributed by atoms with van der Waals surface area (Å²) in [5, 5.41) is 0.450. The largest absolute Gasteiger partial charge is 0.490 e. The lowest BCUT2D eigenvalue weighted by Gasteiger charge is -2.14. The predicted molar refractivity (Wildman–Crippen MR) is 132 cm³/mol. The van der Waals surface area contributed by atoms with Crippen molar-refractivity contribution in [2.45, 2.75) is 6.54 Å². The van der Waals surface area contributed by atoms with Crippen LogP contribution in [0.25, 0.3) is 6.08 Å². The Morgan fingerprint density at radius 2 is 1.45 bits per heavy atom. The summed E-state index contributed by atoms with van der Waals surface area (Å²) in [6.07, 6.45) is 1.67. The van der Waals surface area contributed by atoms with Crippen LogP contribution in [0.1, 0.15) is 11.1 Å². The first-order chi connectivity index (χ1) is 16.0. The van der Waals surface area contributed by atoms with Gasteiger partial charge in [-0.3, -0.25) is 14.5 Å². The minimum Gasteiger partial charge on any atom is -0.490 e. The highest BCUT2D eigenvalue weighted by molar-refractivity contribution is 8.18. The number of nitrogens with zero attached hydrogens (tertiary/aromatic N) is 1. The zero-order valence-corrected chi connectivity index (χ0v) is 19.7. The summed E-state index contributed by atoms with van der Waals surface area (Å²) >= 11 is 13.3. The molecule has 0 bridgehead atoms. The van der Waals surface area contributed by atoms with Crippen LogP contribution in [0.4, 0.5) is 4.79 Å². The quantitative estimate of drug-likeness (QED) is 0.255. The molecule has 1 fully saturated rings. The van der Waals surface area contributed by atoms with Crippen molar-refractivity contribution in [2.75, 3.05) is 13.2 Å². The third-order valence-electron chi connectivity index (χ3n) is 4.77. The summed E-state index contributed by atoms with van der Waals surface area (Å²) in [5.41, 5.74) is 1.29.